The van der Waals surface area contributed by atoms with E-state index in [2.05, 4.69) is 24.9 Å². The summed E-state index contributed by atoms with van der Waals surface area (Å²) in [6.45, 7) is 7.04. The Morgan fingerprint density at radius 3 is 2.44 bits per heavy atom. The van der Waals surface area contributed by atoms with Crippen molar-refractivity contribution in [1.29, 1.82) is 0 Å². The third kappa shape index (κ3) is 2.62. The van der Waals surface area contributed by atoms with Crippen molar-refractivity contribution in [3.63, 3.8) is 0 Å². The van der Waals surface area contributed by atoms with Crippen LogP contribution in [0.4, 0.5) is 8.78 Å². The van der Waals surface area contributed by atoms with Crippen molar-refractivity contribution < 1.29 is 13.3 Å². The normalized spacial score (nSPS) is 19.2. The highest BCUT2D eigenvalue weighted by Crippen LogP contribution is 2.33. The van der Waals surface area contributed by atoms with E-state index in [1.807, 2.05) is 13.8 Å². The fourth-order valence-corrected chi connectivity index (χ4v) is 2.03. The van der Waals surface area contributed by atoms with Crippen molar-refractivity contribution in [3.8, 4) is 0 Å². The van der Waals surface area contributed by atoms with Gasteiger partial charge in [0.1, 0.15) is 0 Å². The lowest BCUT2D eigenvalue weighted by Crippen LogP contribution is -2.52. The first-order chi connectivity index (χ1) is 8.32. The zero-order valence-corrected chi connectivity index (χ0v) is 11.0. The van der Waals surface area contributed by atoms with Crippen molar-refractivity contribution in [1.82, 2.24) is 20.4 Å². The van der Waals surface area contributed by atoms with Crippen LogP contribution in [0.25, 0.3) is 0 Å². The van der Waals surface area contributed by atoms with Crippen molar-refractivity contribution in [3.05, 3.63) is 11.7 Å². The second-order valence-electron chi connectivity index (χ2n) is 4.72. The van der Waals surface area contributed by atoms with Crippen LogP contribution in [-0.4, -0.2) is 41.2 Å². The molecule has 1 fully saturated rings. The van der Waals surface area contributed by atoms with E-state index in [1.165, 1.54) is 0 Å². The van der Waals surface area contributed by atoms with Crippen molar-refractivity contribution in [2.75, 3.05) is 26.2 Å². The number of piperazine rings is 1. The summed E-state index contributed by atoms with van der Waals surface area (Å²) in [5.41, 5.74) is -0.564. The van der Waals surface area contributed by atoms with Crippen LogP contribution in [0, 0.1) is 0 Å². The molecule has 0 saturated carbocycles. The second-order valence-corrected chi connectivity index (χ2v) is 5.19. The van der Waals surface area contributed by atoms with E-state index in [0.717, 1.165) is 26.2 Å². The summed E-state index contributed by atoms with van der Waals surface area (Å²) in [5.74, 6) is -0.637. The Kier molecular flexibility index (Phi) is 3.57. The van der Waals surface area contributed by atoms with Crippen LogP contribution in [0.5, 0.6) is 0 Å². The van der Waals surface area contributed by atoms with Crippen LogP contribution < -0.4 is 5.32 Å². The molecule has 1 aromatic rings. The molecule has 2 heterocycles. The molecular weight excluding hydrogens is 266 g/mol. The molecule has 0 aliphatic carbocycles. The summed E-state index contributed by atoms with van der Waals surface area (Å²) in [6, 6.07) is 0. The number of nitrogens with one attached hydrogen (secondary N) is 1. The van der Waals surface area contributed by atoms with Crippen molar-refractivity contribution >= 4 is 11.6 Å². The van der Waals surface area contributed by atoms with Crippen molar-refractivity contribution in [2.45, 2.75) is 24.8 Å². The van der Waals surface area contributed by atoms with Crippen LogP contribution >= 0.6 is 11.6 Å². The predicted molar refractivity (Wildman–Crippen MR) is 61.5 cm³/mol. The number of aromatic nitrogens is 2. The quantitative estimate of drug-likeness (QED) is 0.851. The molecule has 1 aliphatic rings. The lowest BCUT2D eigenvalue weighted by atomic mass is 10.0. The van der Waals surface area contributed by atoms with E-state index in [0.29, 0.717) is 0 Å². The summed E-state index contributed by atoms with van der Waals surface area (Å²) in [4.78, 5) is 5.82. The van der Waals surface area contributed by atoms with Gasteiger partial charge in [-0.1, -0.05) is 5.16 Å². The Labute approximate surface area is 108 Å². The Balaban J connectivity index is 2.21. The lowest BCUT2D eigenvalue weighted by Gasteiger charge is -2.38. The van der Waals surface area contributed by atoms with Crippen LogP contribution in [0.1, 0.15) is 25.6 Å². The van der Waals surface area contributed by atoms with Gasteiger partial charge in [0.25, 0.3) is 0 Å². The van der Waals surface area contributed by atoms with Gasteiger partial charge in [0.15, 0.2) is 5.82 Å². The topological polar surface area (TPSA) is 54.2 Å². The Hall–Kier alpha value is -0.790. The summed E-state index contributed by atoms with van der Waals surface area (Å²) in [5, 5.41) is 3.22. The average molecular weight is 281 g/mol. The fourth-order valence-electron chi connectivity index (χ4n) is 1.95. The van der Waals surface area contributed by atoms with Gasteiger partial charge >= 0.3 is 11.3 Å². The number of hydrogen-bond acceptors (Lipinski definition) is 5. The van der Waals surface area contributed by atoms with E-state index < -0.39 is 16.8 Å². The van der Waals surface area contributed by atoms with Crippen LogP contribution in [0.15, 0.2) is 4.52 Å². The highest BCUT2D eigenvalue weighted by molar-refractivity contribution is 6.21. The molecule has 0 aromatic carbocycles. The minimum absolute atomic E-state index is 0.222. The summed E-state index contributed by atoms with van der Waals surface area (Å²) in [7, 11) is 0. The molecule has 0 bridgehead atoms. The Morgan fingerprint density at radius 2 is 1.94 bits per heavy atom. The number of halogens is 3. The van der Waals surface area contributed by atoms with Gasteiger partial charge in [-0.2, -0.15) is 13.8 Å². The molecule has 5 nitrogen and oxygen atoms in total. The summed E-state index contributed by atoms with van der Waals surface area (Å²) >= 11 is 4.85. The average Bonchev–Trinajstić information content (AvgIpc) is 2.79. The first kappa shape index (κ1) is 13.6. The number of hydrogen-bond donors (Lipinski definition) is 1. The largest absolute Gasteiger partial charge is 0.400 e. The van der Waals surface area contributed by atoms with Crippen molar-refractivity contribution in [2.24, 2.45) is 0 Å². The van der Waals surface area contributed by atoms with E-state index in [1.54, 1.807) is 0 Å². The molecule has 0 atom stereocenters. The predicted octanol–water partition coefficient (Wildman–Crippen LogP) is 1.50. The smallest absolute Gasteiger partial charge is 0.331 e. The van der Waals surface area contributed by atoms with Crippen LogP contribution in [-0.2, 0) is 10.9 Å². The number of rotatable bonds is 3. The fraction of sp³-hybridized carbons (Fsp3) is 0.800. The third-order valence-electron chi connectivity index (χ3n) is 3.12. The highest BCUT2D eigenvalue weighted by Gasteiger charge is 2.40. The third-order valence-corrected chi connectivity index (χ3v) is 3.28. The molecule has 102 valence electrons. The van der Waals surface area contributed by atoms with Gasteiger partial charge in [0.2, 0.25) is 0 Å². The van der Waals surface area contributed by atoms with Gasteiger partial charge < -0.3 is 9.84 Å². The van der Waals surface area contributed by atoms with E-state index >= 15 is 0 Å². The second kappa shape index (κ2) is 4.71. The van der Waals surface area contributed by atoms with Gasteiger partial charge in [0.05, 0.1) is 5.54 Å². The first-order valence-electron chi connectivity index (χ1n) is 5.69. The van der Waals surface area contributed by atoms with Gasteiger partial charge in [-0.25, -0.2) is 0 Å². The van der Waals surface area contributed by atoms with Gasteiger partial charge in [-0.05, 0) is 25.4 Å². The van der Waals surface area contributed by atoms with Gasteiger partial charge in [-0.15, -0.1) is 0 Å². The molecule has 0 radical (unpaired) electrons. The molecule has 0 spiro atoms. The monoisotopic (exact) mass is 280 g/mol. The van der Waals surface area contributed by atoms with E-state index in [-0.39, 0.29) is 5.82 Å². The molecule has 1 aromatic heterocycles. The SMILES string of the molecule is CC(C)(c1noc(C(F)(F)Cl)n1)N1CCNCC1. The molecule has 2 rings (SSSR count). The maximum absolute atomic E-state index is 12.8. The zero-order chi connectivity index (χ0) is 13.4. The van der Waals surface area contributed by atoms with Gasteiger partial charge in [-0.3, -0.25) is 4.90 Å². The number of nitrogens with zero attached hydrogens (tertiary/aromatic N) is 3. The van der Waals surface area contributed by atoms with Gasteiger partial charge in [0, 0.05) is 26.2 Å². The molecule has 8 heteroatoms. The van der Waals surface area contributed by atoms with E-state index in [9.17, 15) is 8.78 Å². The maximum Gasteiger partial charge on any atom is 0.400 e. The molecule has 1 aliphatic heterocycles. The van der Waals surface area contributed by atoms with Crippen LogP contribution in [0.2, 0.25) is 0 Å². The molecule has 1 N–H and O–H groups in total. The summed E-state index contributed by atoms with van der Waals surface area (Å²) < 4.78 is 30.2. The maximum atomic E-state index is 12.8. The lowest BCUT2D eigenvalue weighted by molar-refractivity contribution is 0.0549. The molecule has 0 unspecified atom stereocenters. The zero-order valence-electron chi connectivity index (χ0n) is 10.2. The standard InChI is InChI=1S/C10H15ClF2N4O/c1-9(2,17-5-3-14-4-6-17)7-15-8(18-16-7)10(11,12)13/h14H,3-6H2,1-2H3. The molecule has 1 saturated heterocycles. The van der Waals surface area contributed by atoms with Crippen LogP contribution in [0.3, 0.4) is 0 Å². The molecule has 0 amide bonds. The molecule has 18 heavy (non-hydrogen) atoms. The Morgan fingerprint density at radius 1 is 1.33 bits per heavy atom. The molecular formula is C10H15ClF2N4O. The minimum Gasteiger partial charge on any atom is -0.331 e. The highest BCUT2D eigenvalue weighted by atomic mass is 35.5. The minimum atomic E-state index is -3.62. The van der Waals surface area contributed by atoms with E-state index in [4.69, 9.17) is 11.6 Å². The Bertz CT molecular complexity index is 412. The number of alkyl halides is 3. The summed E-state index contributed by atoms with van der Waals surface area (Å²) in [6.07, 6.45) is 0. The first-order valence-corrected chi connectivity index (χ1v) is 6.07.